The molecule has 2 rings (SSSR count). The zero-order chi connectivity index (χ0) is 21.7. The maximum atomic E-state index is 2.63. The van der Waals surface area contributed by atoms with Crippen LogP contribution in [0.2, 0.25) is 0 Å². The standard InChI is InChI=1S/C16H21N.C12H6.H3N.3H2/c1-16(2,3)14-10-11-15(17(4)5)13-9-7-6-8-12(13)14;1-3-5-7-9-11-12-10-8-6-4-2;;;;/h6-11H,1-5H3;1-2H3;1H3;3*1H. The van der Waals surface area contributed by atoms with Gasteiger partial charge in [-0.15, -0.1) is 0 Å². The van der Waals surface area contributed by atoms with Gasteiger partial charge >= 0.3 is 0 Å². The first-order chi connectivity index (χ1) is 13.8. The Labute approximate surface area is 187 Å². The van der Waals surface area contributed by atoms with Crippen molar-refractivity contribution in [3.8, 4) is 59.2 Å². The molecule has 0 aliphatic carbocycles. The lowest BCUT2D eigenvalue weighted by atomic mass is 9.83. The summed E-state index contributed by atoms with van der Waals surface area (Å²) in [5.74, 6) is 25.6. The minimum absolute atomic E-state index is 0. The van der Waals surface area contributed by atoms with E-state index < -0.39 is 0 Å². The molecule has 0 aliphatic heterocycles. The molecule has 0 aliphatic rings. The van der Waals surface area contributed by atoms with E-state index >= 15 is 0 Å². The van der Waals surface area contributed by atoms with E-state index in [-0.39, 0.29) is 15.8 Å². The number of rotatable bonds is 1. The fraction of sp³-hybridized carbons (Fsp3) is 0.286. The molecule has 0 fully saturated rings. The molecule has 30 heavy (non-hydrogen) atoms. The van der Waals surface area contributed by atoms with E-state index in [1.807, 2.05) is 0 Å². The first-order valence-corrected chi connectivity index (χ1v) is 9.36. The molecule has 3 N–H and O–H groups in total. The third kappa shape index (κ3) is 8.52. The Balaban J connectivity index is -0.000000239. The molecule has 0 unspecified atom stereocenters. The molecule has 0 saturated carbocycles. The minimum atomic E-state index is 0. The highest BCUT2D eigenvalue weighted by Crippen LogP contribution is 2.34. The van der Waals surface area contributed by atoms with Crippen LogP contribution < -0.4 is 11.1 Å². The Morgan fingerprint density at radius 3 is 1.50 bits per heavy atom. The van der Waals surface area contributed by atoms with Crippen LogP contribution in [0.4, 0.5) is 5.69 Å². The van der Waals surface area contributed by atoms with Gasteiger partial charge in [-0.2, -0.15) is 0 Å². The third-order valence-electron chi connectivity index (χ3n) is 3.88. The van der Waals surface area contributed by atoms with Gasteiger partial charge in [0, 0.05) is 29.4 Å². The predicted molar refractivity (Wildman–Crippen MR) is 139 cm³/mol. The van der Waals surface area contributed by atoms with E-state index in [1.54, 1.807) is 13.8 Å². The SMILES string of the molecule is CC#CC#CC#CC#CC#CC.CN(C)c1ccc(C(C)(C)C)c2ccccc12.N.[HH].[HH].[HH]. The molecule has 0 aromatic heterocycles. The zero-order valence-corrected chi connectivity index (χ0v) is 19.1. The largest absolute Gasteiger partial charge is 0.377 e. The maximum Gasteiger partial charge on any atom is 0.0440 e. The normalized spacial score (nSPS) is 8.23. The van der Waals surface area contributed by atoms with Crippen LogP contribution in [0.5, 0.6) is 0 Å². The first kappa shape index (κ1) is 26.3. The van der Waals surface area contributed by atoms with Crippen molar-refractivity contribution in [2.75, 3.05) is 19.0 Å². The van der Waals surface area contributed by atoms with Crippen molar-refractivity contribution in [2.45, 2.75) is 40.0 Å². The summed E-state index contributed by atoms with van der Waals surface area (Å²) in [6.45, 7) is 10.2. The van der Waals surface area contributed by atoms with E-state index in [0.717, 1.165) is 0 Å². The summed E-state index contributed by atoms with van der Waals surface area (Å²) >= 11 is 0. The lowest BCUT2D eigenvalue weighted by Gasteiger charge is -2.24. The van der Waals surface area contributed by atoms with Crippen LogP contribution in [-0.4, -0.2) is 14.1 Å². The van der Waals surface area contributed by atoms with Crippen molar-refractivity contribution in [1.29, 1.82) is 0 Å². The molecule has 0 atom stereocenters. The Kier molecular flexibility index (Phi) is 11.8. The molecular formula is C28H36N2. The van der Waals surface area contributed by atoms with Crippen LogP contribution >= 0.6 is 0 Å². The highest BCUT2D eigenvalue weighted by atomic mass is 15.1. The summed E-state index contributed by atoms with van der Waals surface area (Å²) in [5.41, 5.74) is 2.89. The van der Waals surface area contributed by atoms with Crippen molar-refractivity contribution < 1.29 is 4.28 Å². The summed E-state index contributed by atoms with van der Waals surface area (Å²) in [4.78, 5) is 2.18. The summed E-state index contributed by atoms with van der Waals surface area (Å²) in [6.07, 6.45) is 0. The van der Waals surface area contributed by atoms with Crippen LogP contribution in [0.15, 0.2) is 36.4 Å². The Bertz CT molecular complexity index is 1120. The van der Waals surface area contributed by atoms with Gasteiger partial charge in [0.15, 0.2) is 0 Å². The van der Waals surface area contributed by atoms with E-state index in [9.17, 15) is 0 Å². The van der Waals surface area contributed by atoms with Crippen molar-refractivity contribution in [3.05, 3.63) is 42.0 Å². The fourth-order valence-corrected chi connectivity index (χ4v) is 2.64. The Morgan fingerprint density at radius 2 is 1.10 bits per heavy atom. The zero-order valence-electron chi connectivity index (χ0n) is 19.1. The van der Waals surface area contributed by atoms with Gasteiger partial charge in [-0.05, 0) is 83.6 Å². The highest BCUT2D eigenvalue weighted by molar-refractivity contribution is 5.96. The molecule has 0 amide bonds. The second kappa shape index (κ2) is 13.4. The predicted octanol–water partition coefficient (Wildman–Crippen LogP) is 6.15. The van der Waals surface area contributed by atoms with Gasteiger partial charge in [0.2, 0.25) is 0 Å². The number of benzene rings is 2. The second-order valence-corrected chi connectivity index (χ2v) is 7.32. The molecule has 0 heterocycles. The number of hydrogen-bond acceptors (Lipinski definition) is 2. The summed E-state index contributed by atoms with van der Waals surface area (Å²) < 4.78 is 0. The summed E-state index contributed by atoms with van der Waals surface area (Å²) in [7, 11) is 4.19. The van der Waals surface area contributed by atoms with Crippen molar-refractivity contribution in [3.63, 3.8) is 0 Å². The van der Waals surface area contributed by atoms with Crippen LogP contribution in [-0.2, 0) is 5.41 Å². The number of anilines is 1. The van der Waals surface area contributed by atoms with Crippen LogP contribution in [0.25, 0.3) is 10.8 Å². The van der Waals surface area contributed by atoms with Crippen LogP contribution in [0.1, 0.15) is 44.5 Å². The topological polar surface area (TPSA) is 38.2 Å². The lowest BCUT2D eigenvalue weighted by Crippen LogP contribution is -2.14. The Hall–Kier alpha value is -3.74. The molecule has 158 valence electrons. The average Bonchev–Trinajstić information content (AvgIpc) is 2.69. The van der Waals surface area contributed by atoms with Gasteiger partial charge < -0.3 is 11.1 Å². The quantitative estimate of drug-likeness (QED) is 0.583. The molecule has 2 heteroatoms. The van der Waals surface area contributed by atoms with Crippen LogP contribution in [0, 0.1) is 59.2 Å². The number of nitrogens with zero attached hydrogens (tertiary/aromatic N) is 1. The third-order valence-corrected chi connectivity index (χ3v) is 3.88. The van der Waals surface area contributed by atoms with Gasteiger partial charge in [0.1, 0.15) is 0 Å². The lowest BCUT2D eigenvalue weighted by molar-refractivity contribution is 0.596. The summed E-state index contributed by atoms with van der Waals surface area (Å²) in [5, 5.41) is 2.70. The molecule has 0 spiro atoms. The highest BCUT2D eigenvalue weighted by Gasteiger charge is 2.17. The van der Waals surface area contributed by atoms with Gasteiger partial charge in [-0.3, -0.25) is 0 Å². The second-order valence-electron chi connectivity index (χ2n) is 7.32. The van der Waals surface area contributed by atoms with Gasteiger partial charge in [0.25, 0.3) is 0 Å². The first-order valence-electron chi connectivity index (χ1n) is 9.36. The summed E-state index contributed by atoms with van der Waals surface area (Å²) in [6, 6.07) is 13.2. The molecule has 2 aromatic carbocycles. The van der Waals surface area contributed by atoms with E-state index in [2.05, 4.69) is 135 Å². The van der Waals surface area contributed by atoms with Gasteiger partial charge in [-0.1, -0.05) is 62.9 Å². The van der Waals surface area contributed by atoms with Crippen molar-refractivity contribution in [2.24, 2.45) is 0 Å². The number of fused-ring (bicyclic) bond motifs is 1. The van der Waals surface area contributed by atoms with Gasteiger partial charge in [-0.25, -0.2) is 0 Å². The fourth-order valence-electron chi connectivity index (χ4n) is 2.64. The van der Waals surface area contributed by atoms with E-state index in [0.29, 0.717) is 0 Å². The molecular weight excluding hydrogens is 364 g/mol. The molecule has 0 saturated heterocycles. The molecule has 2 nitrogen and oxygen atoms in total. The minimum Gasteiger partial charge on any atom is -0.377 e. The van der Waals surface area contributed by atoms with Crippen molar-refractivity contribution in [1.82, 2.24) is 6.15 Å². The number of hydrogen-bond donors (Lipinski definition) is 1. The smallest absolute Gasteiger partial charge is 0.0440 e. The van der Waals surface area contributed by atoms with Gasteiger partial charge in [0.05, 0.1) is 0 Å². The molecule has 2 aromatic rings. The van der Waals surface area contributed by atoms with E-state index in [4.69, 9.17) is 0 Å². The average molecular weight is 401 g/mol. The maximum absolute atomic E-state index is 2.63. The van der Waals surface area contributed by atoms with Crippen molar-refractivity contribution >= 4 is 16.5 Å². The molecule has 0 bridgehead atoms. The molecule has 0 radical (unpaired) electrons. The monoisotopic (exact) mass is 400 g/mol. The Morgan fingerprint density at radius 1 is 0.667 bits per heavy atom. The van der Waals surface area contributed by atoms with E-state index in [1.165, 1.54) is 22.0 Å². The van der Waals surface area contributed by atoms with Crippen LogP contribution in [0.3, 0.4) is 0 Å².